The van der Waals surface area contributed by atoms with E-state index in [2.05, 4.69) is 15.9 Å². The van der Waals surface area contributed by atoms with E-state index in [-0.39, 0.29) is 10.8 Å². The monoisotopic (exact) mass is 366 g/mol. The molecule has 2 aromatic carbocycles. The van der Waals surface area contributed by atoms with E-state index in [1.54, 1.807) is 12.1 Å². The van der Waals surface area contributed by atoms with Gasteiger partial charge in [0.05, 0.1) is 10.2 Å². The number of aryl methyl sites for hydroxylation is 1. The van der Waals surface area contributed by atoms with Gasteiger partial charge in [-0.25, -0.2) is 4.39 Å². The molecular weight excluding hydrogens is 351 g/mol. The molecule has 2 nitrogen and oxygen atoms in total. The maximum Gasteiger partial charge on any atom is 0.161 e. The molecule has 0 spiro atoms. The van der Waals surface area contributed by atoms with Crippen LogP contribution >= 0.6 is 28.1 Å². The van der Waals surface area contributed by atoms with Gasteiger partial charge in [-0.2, -0.15) is 0 Å². The number of halogens is 2. The lowest BCUT2D eigenvalue weighted by atomic mass is 10.1. The second-order valence-corrected chi connectivity index (χ2v) is 5.89. The topological polar surface area (TPSA) is 29.3 Å². The minimum Gasteiger partial charge on any atom is -0.389 e. The third kappa shape index (κ3) is 3.09. The average Bonchev–Trinajstić information content (AvgIpc) is 2.45. The molecule has 0 aliphatic heterocycles. The number of benzene rings is 2. The standard InChI is InChI=1S/C16H16BrFN2S/c1-3-20(12-7-5-4-6-10(12)2)13-9-8-11(16(19)21)14(17)15(13)18/h4-9H,3H2,1-2H3,(H2,19,21). The van der Waals surface area contributed by atoms with E-state index in [9.17, 15) is 4.39 Å². The molecule has 0 amide bonds. The van der Waals surface area contributed by atoms with Crippen molar-refractivity contribution < 1.29 is 4.39 Å². The van der Waals surface area contributed by atoms with Gasteiger partial charge in [0, 0.05) is 17.8 Å². The molecule has 110 valence electrons. The minimum atomic E-state index is -0.356. The number of nitrogens with two attached hydrogens (primary N) is 1. The zero-order valence-corrected chi connectivity index (χ0v) is 14.3. The Bertz CT molecular complexity index is 688. The highest BCUT2D eigenvalue weighted by atomic mass is 79.9. The molecule has 0 unspecified atom stereocenters. The molecule has 0 atom stereocenters. The molecule has 0 bridgehead atoms. The summed E-state index contributed by atoms with van der Waals surface area (Å²) in [5.74, 6) is -0.356. The molecular formula is C16H16BrFN2S. The van der Waals surface area contributed by atoms with Crippen LogP contribution in [-0.2, 0) is 0 Å². The summed E-state index contributed by atoms with van der Waals surface area (Å²) in [4.78, 5) is 2.10. The second-order valence-electron chi connectivity index (χ2n) is 4.66. The predicted molar refractivity (Wildman–Crippen MR) is 93.8 cm³/mol. The number of hydrogen-bond acceptors (Lipinski definition) is 2. The minimum absolute atomic E-state index is 0.172. The first-order valence-electron chi connectivity index (χ1n) is 6.58. The van der Waals surface area contributed by atoms with Gasteiger partial charge >= 0.3 is 0 Å². The molecule has 0 radical (unpaired) electrons. The molecule has 2 aromatic rings. The van der Waals surface area contributed by atoms with E-state index >= 15 is 0 Å². The highest BCUT2D eigenvalue weighted by Gasteiger charge is 2.18. The van der Waals surface area contributed by atoms with E-state index in [0.717, 1.165) is 11.3 Å². The third-order valence-corrected chi connectivity index (χ3v) is 4.34. The van der Waals surface area contributed by atoms with Crippen LogP contribution in [0.3, 0.4) is 0 Å². The first-order chi connectivity index (χ1) is 9.97. The van der Waals surface area contributed by atoms with Crippen LogP contribution in [-0.4, -0.2) is 11.5 Å². The van der Waals surface area contributed by atoms with E-state index in [0.29, 0.717) is 22.3 Å². The molecule has 5 heteroatoms. The van der Waals surface area contributed by atoms with Crippen molar-refractivity contribution in [2.45, 2.75) is 13.8 Å². The first-order valence-corrected chi connectivity index (χ1v) is 7.78. The molecule has 0 saturated heterocycles. The van der Waals surface area contributed by atoms with Crippen LogP contribution in [0.2, 0.25) is 0 Å². The fourth-order valence-corrected chi connectivity index (χ4v) is 3.12. The Balaban J connectivity index is 2.57. The Morgan fingerprint density at radius 1 is 1.24 bits per heavy atom. The largest absolute Gasteiger partial charge is 0.389 e. The molecule has 21 heavy (non-hydrogen) atoms. The molecule has 2 rings (SSSR count). The zero-order chi connectivity index (χ0) is 15.6. The Hall–Kier alpha value is -1.46. The summed E-state index contributed by atoms with van der Waals surface area (Å²) in [6.45, 7) is 4.65. The lowest BCUT2D eigenvalue weighted by Gasteiger charge is -2.26. The number of thiocarbonyl (C=S) groups is 1. The lowest BCUT2D eigenvalue weighted by Crippen LogP contribution is -2.19. The van der Waals surface area contributed by atoms with Crippen molar-refractivity contribution in [1.82, 2.24) is 0 Å². The maximum absolute atomic E-state index is 14.7. The van der Waals surface area contributed by atoms with Crippen LogP contribution < -0.4 is 10.6 Å². The molecule has 0 aliphatic carbocycles. The number of rotatable bonds is 4. The molecule has 0 fully saturated rings. The van der Waals surface area contributed by atoms with E-state index < -0.39 is 0 Å². The average molecular weight is 367 g/mol. The number of para-hydroxylation sites is 1. The van der Waals surface area contributed by atoms with Gasteiger partial charge in [-0.3, -0.25) is 0 Å². The summed E-state index contributed by atoms with van der Waals surface area (Å²) < 4.78 is 15.0. The van der Waals surface area contributed by atoms with E-state index in [1.165, 1.54) is 0 Å². The number of nitrogens with zero attached hydrogens (tertiary/aromatic N) is 1. The Kier molecular flexibility index (Phi) is 4.96. The normalized spacial score (nSPS) is 10.5. The quantitative estimate of drug-likeness (QED) is 0.795. The van der Waals surface area contributed by atoms with Crippen LogP contribution in [0.1, 0.15) is 18.1 Å². The van der Waals surface area contributed by atoms with Crippen molar-refractivity contribution in [2.24, 2.45) is 5.73 Å². The van der Waals surface area contributed by atoms with Crippen molar-refractivity contribution in [3.8, 4) is 0 Å². The van der Waals surface area contributed by atoms with Gasteiger partial charge in [0.15, 0.2) is 5.82 Å². The van der Waals surface area contributed by atoms with Crippen LogP contribution in [0.5, 0.6) is 0 Å². The van der Waals surface area contributed by atoms with Crippen LogP contribution in [0.25, 0.3) is 0 Å². The molecule has 0 aliphatic rings. The molecule has 0 saturated carbocycles. The van der Waals surface area contributed by atoms with Crippen LogP contribution in [0.15, 0.2) is 40.9 Å². The highest BCUT2D eigenvalue weighted by molar-refractivity contribution is 9.10. The van der Waals surface area contributed by atoms with Crippen molar-refractivity contribution in [2.75, 3.05) is 11.4 Å². The molecule has 2 N–H and O–H groups in total. The SMILES string of the molecule is CCN(c1ccccc1C)c1ccc(C(N)=S)c(Br)c1F. The van der Waals surface area contributed by atoms with Crippen molar-refractivity contribution in [1.29, 1.82) is 0 Å². The van der Waals surface area contributed by atoms with Gasteiger partial charge in [-0.15, -0.1) is 0 Å². The van der Waals surface area contributed by atoms with Gasteiger partial charge in [0.25, 0.3) is 0 Å². The lowest BCUT2D eigenvalue weighted by molar-refractivity contribution is 0.618. The Morgan fingerprint density at radius 2 is 1.90 bits per heavy atom. The van der Waals surface area contributed by atoms with E-state index in [1.807, 2.05) is 43.0 Å². The number of anilines is 2. The number of hydrogen-bond donors (Lipinski definition) is 1. The first kappa shape index (κ1) is 15.9. The second kappa shape index (κ2) is 6.54. The summed E-state index contributed by atoms with van der Waals surface area (Å²) in [5, 5.41) is 0. The smallest absolute Gasteiger partial charge is 0.161 e. The van der Waals surface area contributed by atoms with Crippen molar-refractivity contribution in [3.05, 3.63) is 57.8 Å². The summed E-state index contributed by atoms with van der Waals surface area (Å²) >= 11 is 8.18. The van der Waals surface area contributed by atoms with Crippen molar-refractivity contribution in [3.63, 3.8) is 0 Å². The summed E-state index contributed by atoms with van der Waals surface area (Å²) in [6.07, 6.45) is 0. The fourth-order valence-electron chi connectivity index (χ4n) is 2.27. The van der Waals surface area contributed by atoms with E-state index in [4.69, 9.17) is 18.0 Å². The summed E-state index contributed by atoms with van der Waals surface area (Å²) in [5.41, 5.74) is 8.68. The Labute approximate surface area is 137 Å². The van der Waals surface area contributed by atoms with Crippen molar-refractivity contribution >= 4 is 44.5 Å². The third-order valence-electron chi connectivity index (χ3n) is 3.34. The molecule has 0 aromatic heterocycles. The van der Waals surface area contributed by atoms with Gasteiger partial charge in [0.2, 0.25) is 0 Å². The van der Waals surface area contributed by atoms with Gasteiger partial charge in [-0.1, -0.05) is 30.4 Å². The highest BCUT2D eigenvalue weighted by Crippen LogP contribution is 2.34. The Morgan fingerprint density at radius 3 is 2.48 bits per heavy atom. The van der Waals surface area contributed by atoms with Gasteiger partial charge in [-0.05, 0) is 53.5 Å². The summed E-state index contributed by atoms with van der Waals surface area (Å²) in [7, 11) is 0. The zero-order valence-electron chi connectivity index (χ0n) is 11.9. The van der Waals surface area contributed by atoms with Crippen LogP contribution in [0.4, 0.5) is 15.8 Å². The van der Waals surface area contributed by atoms with Crippen LogP contribution in [0, 0.1) is 12.7 Å². The van der Waals surface area contributed by atoms with Gasteiger partial charge < -0.3 is 10.6 Å². The predicted octanol–water partition coefficient (Wildman–Crippen LogP) is 4.69. The summed E-state index contributed by atoms with van der Waals surface area (Å²) in [6, 6.07) is 11.4. The van der Waals surface area contributed by atoms with Gasteiger partial charge in [0.1, 0.15) is 4.99 Å². The molecule has 0 heterocycles. The maximum atomic E-state index is 14.7. The fraction of sp³-hybridized carbons (Fsp3) is 0.188.